The lowest BCUT2D eigenvalue weighted by Gasteiger charge is -2.31. The van der Waals surface area contributed by atoms with Crippen molar-refractivity contribution in [2.24, 2.45) is 0 Å². The highest BCUT2D eigenvalue weighted by atomic mass is 16.5. The van der Waals surface area contributed by atoms with Gasteiger partial charge in [0.05, 0.1) is 19.6 Å². The van der Waals surface area contributed by atoms with Gasteiger partial charge in [0.25, 0.3) is 0 Å². The van der Waals surface area contributed by atoms with Crippen LogP contribution in [0.2, 0.25) is 0 Å². The van der Waals surface area contributed by atoms with Crippen LogP contribution in [0.4, 0.5) is 0 Å². The molecular formula is C24H30N2O3. The predicted molar refractivity (Wildman–Crippen MR) is 114 cm³/mol. The van der Waals surface area contributed by atoms with E-state index in [-0.39, 0.29) is 17.9 Å². The van der Waals surface area contributed by atoms with Crippen molar-refractivity contribution in [2.45, 2.75) is 44.6 Å². The standard InChI is InChI=1S/C24H30N2O3/c1-29-21-13-11-20(12-14-21)22-10-6-3-7-17-26(22)24(28)15-16-25-23(27)18-19-8-4-2-5-9-19/h2,4-5,8-9,11-14,22H,3,6-7,10,15-18H2,1H3,(H,25,27). The fraction of sp³-hybridized carbons (Fsp3) is 0.417. The molecular weight excluding hydrogens is 364 g/mol. The van der Waals surface area contributed by atoms with Gasteiger partial charge in [0.2, 0.25) is 11.8 Å². The molecule has 1 fully saturated rings. The van der Waals surface area contributed by atoms with Crippen molar-refractivity contribution < 1.29 is 14.3 Å². The number of carbonyl (C=O) groups excluding carboxylic acids is 2. The van der Waals surface area contributed by atoms with Crippen LogP contribution in [0.5, 0.6) is 5.75 Å². The summed E-state index contributed by atoms with van der Waals surface area (Å²) in [6.07, 6.45) is 4.93. The minimum absolute atomic E-state index is 0.0495. The highest BCUT2D eigenvalue weighted by Gasteiger charge is 2.26. The third kappa shape index (κ3) is 6.08. The van der Waals surface area contributed by atoms with E-state index in [0.717, 1.165) is 49.1 Å². The molecule has 5 nitrogen and oxygen atoms in total. The monoisotopic (exact) mass is 394 g/mol. The van der Waals surface area contributed by atoms with Crippen LogP contribution in [0.3, 0.4) is 0 Å². The lowest BCUT2D eigenvalue weighted by Crippen LogP contribution is -2.37. The number of carbonyl (C=O) groups is 2. The second kappa shape index (κ2) is 10.6. The fourth-order valence-electron chi connectivity index (χ4n) is 3.88. The number of benzene rings is 2. The zero-order valence-corrected chi connectivity index (χ0v) is 17.1. The summed E-state index contributed by atoms with van der Waals surface area (Å²) in [5, 5.41) is 2.88. The SMILES string of the molecule is COc1ccc(C2CCCCCN2C(=O)CCNC(=O)Cc2ccccc2)cc1. The van der Waals surface area contributed by atoms with Crippen molar-refractivity contribution in [1.82, 2.24) is 10.2 Å². The molecule has 1 aliphatic rings. The van der Waals surface area contributed by atoms with E-state index in [1.54, 1.807) is 7.11 Å². The average molecular weight is 395 g/mol. The van der Waals surface area contributed by atoms with Crippen LogP contribution in [0.15, 0.2) is 54.6 Å². The predicted octanol–water partition coefficient (Wildman–Crippen LogP) is 3.89. The second-order valence-corrected chi connectivity index (χ2v) is 7.49. The Balaban J connectivity index is 1.55. The minimum Gasteiger partial charge on any atom is -0.497 e. The van der Waals surface area contributed by atoms with Gasteiger partial charge in [0.15, 0.2) is 0 Å². The summed E-state index contributed by atoms with van der Waals surface area (Å²) in [6.45, 7) is 1.14. The Morgan fingerprint density at radius 3 is 2.52 bits per heavy atom. The first kappa shape index (κ1) is 20.9. The number of likely N-dealkylation sites (tertiary alicyclic amines) is 1. The van der Waals surface area contributed by atoms with Gasteiger partial charge < -0.3 is 15.0 Å². The summed E-state index contributed by atoms with van der Waals surface area (Å²) in [6, 6.07) is 17.7. The maximum Gasteiger partial charge on any atom is 0.224 e. The Morgan fingerprint density at radius 2 is 1.79 bits per heavy atom. The highest BCUT2D eigenvalue weighted by Crippen LogP contribution is 2.31. The molecule has 1 heterocycles. The number of ether oxygens (including phenoxy) is 1. The molecule has 3 rings (SSSR count). The van der Waals surface area contributed by atoms with Crippen LogP contribution < -0.4 is 10.1 Å². The van der Waals surface area contributed by atoms with Gasteiger partial charge in [-0.15, -0.1) is 0 Å². The number of nitrogens with one attached hydrogen (secondary N) is 1. The summed E-state index contributed by atoms with van der Waals surface area (Å²) in [5.74, 6) is 0.876. The lowest BCUT2D eigenvalue weighted by atomic mass is 10.0. The number of rotatable bonds is 7. The first-order valence-electron chi connectivity index (χ1n) is 10.4. The van der Waals surface area contributed by atoms with E-state index < -0.39 is 0 Å². The number of methoxy groups -OCH3 is 1. The molecule has 1 atom stereocenters. The Morgan fingerprint density at radius 1 is 1.03 bits per heavy atom. The molecule has 2 aromatic rings. The topological polar surface area (TPSA) is 58.6 Å². The number of hydrogen-bond donors (Lipinski definition) is 1. The third-order valence-electron chi connectivity index (χ3n) is 5.44. The zero-order chi connectivity index (χ0) is 20.5. The Kier molecular flexibility index (Phi) is 7.68. The van der Waals surface area contributed by atoms with E-state index in [1.807, 2.05) is 47.4 Å². The summed E-state index contributed by atoms with van der Waals surface area (Å²) >= 11 is 0. The van der Waals surface area contributed by atoms with Gasteiger partial charge in [-0.3, -0.25) is 9.59 Å². The van der Waals surface area contributed by atoms with Gasteiger partial charge in [0.1, 0.15) is 5.75 Å². The maximum absolute atomic E-state index is 12.9. The molecule has 1 aliphatic heterocycles. The van der Waals surface area contributed by atoms with E-state index >= 15 is 0 Å². The van der Waals surface area contributed by atoms with Crippen molar-refractivity contribution in [3.8, 4) is 5.75 Å². The van der Waals surface area contributed by atoms with E-state index in [1.165, 1.54) is 0 Å². The van der Waals surface area contributed by atoms with Crippen molar-refractivity contribution in [2.75, 3.05) is 20.2 Å². The molecule has 2 aromatic carbocycles. The molecule has 1 unspecified atom stereocenters. The molecule has 0 aromatic heterocycles. The molecule has 0 bridgehead atoms. The van der Waals surface area contributed by atoms with Gasteiger partial charge >= 0.3 is 0 Å². The molecule has 0 radical (unpaired) electrons. The molecule has 5 heteroatoms. The molecule has 1 N–H and O–H groups in total. The normalized spacial score (nSPS) is 16.7. The summed E-state index contributed by atoms with van der Waals surface area (Å²) < 4.78 is 5.25. The summed E-state index contributed by atoms with van der Waals surface area (Å²) in [5.41, 5.74) is 2.12. The number of hydrogen-bond acceptors (Lipinski definition) is 3. The molecule has 0 aliphatic carbocycles. The van der Waals surface area contributed by atoms with Gasteiger partial charge in [-0.05, 0) is 36.1 Å². The van der Waals surface area contributed by atoms with Crippen LogP contribution in [0.25, 0.3) is 0 Å². The Hall–Kier alpha value is -2.82. The van der Waals surface area contributed by atoms with Crippen LogP contribution in [0.1, 0.15) is 49.3 Å². The molecule has 29 heavy (non-hydrogen) atoms. The largest absolute Gasteiger partial charge is 0.497 e. The Labute approximate surface area is 173 Å². The van der Waals surface area contributed by atoms with Gasteiger partial charge in [-0.2, -0.15) is 0 Å². The van der Waals surface area contributed by atoms with E-state index in [9.17, 15) is 9.59 Å². The molecule has 1 saturated heterocycles. The van der Waals surface area contributed by atoms with E-state index in [0.29, 0.717) is 19.4 Å². The average Bonchev–Trinajstić information content (AvgIpc) is 3.00. The van der Waals surface area contributed by atoms with Crippen molar-refractivity contribution in [1.29, 1.82) is 0 Å². The molecule has 0 spiro atoms. The van der Waals surface area contributed by atoms with Gasteiger partial charge in [0, 0.05) is 19.5 Å². The number of amides is 2. The first-order valence-corrected chi connectivity index (χ1v) is 10.4. The molecule has 154 valence electrons. The van der Waals surface area contributed by atoms with Crippen LogP contribution in [0, 0.1) is 0 Å². The second-order valence-electron chi connectivity index (χ2n) is 7.49. The van der Waals surface area contributed by atoms with E-state index in [4.69, 9.17) is 4.74 Å². The lowest BCUT2D eigenvalue weighted by molar-refractivity contribution is -0.133. The smallest absolute Gasteiger partial charge is 0.224 e. The maximum atomic E-state index is 12.9. The highest BCUT2D eigenvalue weighted by molar-refractivity contribution is 5.80. The molecule has 2 amide bonds. The summed E-state index contributed by atoms with van der Waals surface area (Å²) in [4.78, 5) is 27.1. The van der Waals surface area contributed by atoms with Crippen LogP contribution >= 0.6 is 0 Å². The van der Waals surface area contributed by atoms with Gasteiger partial charge in [-0.1, -0.05) is 55.3 Å². The first-order chi connectivity index (χ1) is 14.2. The zero-order valence-electron chi connectivity index (χ0n) is 17.1. The Bertz CT molecular complexity index is 790. The third-order valence-corrected chi connectivity index (χ3v) is 5.44. The quantitative estimate of drug-likeness (QED) is 0.775. The van der Waals surface area contributed by atoms with Crippen molar-refractivity contribution in [3.63, 3.8) is 0 Å². The minimum atomic E-state index is -0.0495. The number of nitrogens with zero attached hydrogens (tertiary/aromatic N) is 1. The van der Waals surface area contributed by atoms with Crippen molar-refractivity contribution >= 4 is 11.8 Å². The van der Waals surface area contributed by atoms with E-state index in [2.05, 4.69) is 17.4 Å². The van der Waals surface area contributed by atoms with Crippen LogP contribution in [-0.2, 0) is 16.0 Å². The fourth-order valence-corrected chi connectivity index (χ4v) is 3.88. The summed E-state index contributed by atoms with van der Waals surface area (Å²) in [7, 11) is 1.66. The van der Waals surface area contributed by atoms with Gasteiger partial charge in [-0.25, -0.2) is 0 Å². The van der Waals surface area contributed by atoms with Crippen LogP contribution in [-0.4, -0.2) is 36.9 Å². The van der Waals surface area contributed by atoms with Crippen molar-refractivity contribution in [3.05, 3.63) is 65.7 Å². The molecule has 0 saturated carbocycles.